The Bertz CT molecular complexity index is 1680. The molecule has 0 radical (unpaired) electrons. The second-order valence-corrected chi connectivity index (χ2v) is 13.2. The van der Waals surface area contributed by atoms with Gasteiger partial charge in [0.1, 0.15) is 11.5 Å². The van der Waals surface area contributed by atoms with E-state index in [4.69, 9.17) is 14.2 Å². The number of likely N-dealkylation sites (tertiary alicyclic amines) is 1. The van der Waals surface area contributed by atoms with E-state index in [2.05, 4.69) is 21.8 Å². The van der Waals surface area contributed by atoms with Gasteiger partial charge in [0, 0.05) is 44.0 Å². The molecule has 15 heteroatoms. The molecule has 2 saturated heterocycles. The maximum Gasteiger partial charge on any atom is 0.411 e. The number of hydrogen-bond acceptors (Lipinski definition) is 10. The van der Waals surface area contributed by atoms with Gasteiger partial charge in [-0.05, 0) is 69.4 Å². The molecule has 254 valence electrons. The fourth-order valence-electron chi connectivity index (χ4n) is 6.48. The Morgan fingerprint density at radius 3 is 2.19 bits per heavy atom. The largest absolute Gasteiger partial charge is 0.497 e. The van der Waals surface area contributed by atoms with Gasteiger partial charge in [0.15, 0.2) is 5.03 Å². The van der Waals surface area contributed by atoms with Crippen LogP contribution in [0.2, 0.25) is 0 Å². The van der Waals surface area contributed by atoms with Crippen molar-refractivity contribution in [2.45, 2.75) is 29.5 Å². The number of sulfonamides is 1. The predicted octanol–water partition coefficient (Wildman–Crippen LogP) is 3.77. The van der Waals surface area contributed by atoms with Gasteiger partial charge < -0.3 is 24.0 Å². The number of benzene rings is 2. The Balaban J connectivity index is 0.00000250. The van der Waals surface area contributed by atoms with Crippen molar-refractivity contribution in [1.29, 1.82) is 0 Å². The molecule has 0 saturated carbocycles. The first-order valence-electron chi connectivity index (χ1n) is 14.9. The third-order valence-corrected chi connectivity index (χ3v) is 10.5. The summed E-state index contributed by atoms with van der Waals surface area (Å²) in [6.07, 6.45) is 2.75. The molecule has 3 aromatic rings. The highest BCUT2D eigenvalue weighted by molar-refractivity contribution is 7.93. The molecule has 47 heavy (non-hydrogen) atoms. The van der Waals surface area contributed by atoms with E-state index < -0.39 is 27.6 Å². The first-order chi connectivity index (χ1) is 21.7. The fraction of sp³-hybridized carbons (Fsp3) is 0.406. The highest BCUT2D eigenvalue weighted by Gasteiger charge is 2.61. The molecule has 1 aromatic heterocycles. The summed E-state index contributed by atoms with van der Waals surface area (Å²) >= 11 is 0. The number of fused-ring (bicyclic) bond motifs is 1. The lowest BCUT2D eigenvalue weighted by molar-refractivity contribution is -0.132. The SMILES string of the molecule is COc1ccc2c(c1)C(OC(=O)N1CCN(C3CCN(C)CC3)CC1)(c1ccccc1OC)C(=O)N2S(=O)(=O)c1ccccn1.Cl.Cl. The first kappa shape index (κ1) is 36.2. The number of hydrogen-bond donors (Lipinski definition) is 0. The van der Waals surface area contributed by atoms with Crippen molar-refractivity contribution in [3.05, 3.63) is 78.0 Å². The van der Waals surface area contributed by atoms with Gasteiger partial charge in [-0.1, -0.05) is 24.3 Å². The quantitative estimate of drug-likeness (QED) is 0.359. The van der Waals surface area contributed by atoms with E-state index in [0.717, 1.165) is 25.9 Å². The minimum absolute atomic E-state index is 0. The summed E-state index contributed by atoms with van der Waals surface area (Å²) in [6.45, 7) is 4.23. The molecular weight excluding hydrogens is 669 g/mol. The number of methoxy groups -OCH3 is 2. The normalized spacial score (nSPS) is 20.5. The third-order valence-electron chi connectivity index (χ3n) is 8.93. The Hall–Kier alpha value is -3.62. The Kier molecular flexibility index (Phi) is 11.3. The minimum Gasteiger partial charge on any atom is -0.497 e. The van der Waals surface area contributed by atoms with Crippen LogP contribution in [0, 0.1) is 0 Å². The smallest absolute Gasteiger partial charge is 0.411 e. The van der Waals surface area contributed by atoms with Crippen LogP contribution < -0.4 is 13.8 Å². The molecule has 1 unspecified atom stereocenters. The van der Waals surface area contributed by atoms with Crippen LogP contribution in [0.4, 0.5) is 10.5 Å². The Labute approximate surface area is 287 Å². The number of anilines is 1. The van der Waals surface area contributed by atoms with Crippen molar-refractivity contribution in [3.8, 4) is 11.5 Å². The average molecular weight is 709 g/mol. The van der Waals surface area contributed by atoms with Crippen molar-refractivity contribution in [2.24, 2.45) is 0 Å². The van der Waals surface area contributed by atoms with Crippen LogP contribution in [0.1, 0.15) is 24.0 Å². The number of rotatable bonds is 7. The van der Waals surface area contributed by atoms with Gasteiger partial charge in [-0.25, -0.2) is 9.78 Å². The Morgan fingerprint density at radius 2 is 1.55 bits per heavy atom. The second kappa shape index (κ2) is 14.7. The molecule has 0 spiro atoms. The van der Waals surface area contributed by atoms with Gasteiger partial charge in [0.2, 0.25) is 5.60 Å². The number of piperazine rings is 1. The van der Waals surface area contributed by atoms with E-state index in [1.165, 1.54) is 44.7 Å². The molecule has 0 bridgehead atoms. The molecule has 1 atom stereocenters. The molecule has 0 N–H and O–H groups in total. The molecule has 3 aliphatic rings. The lowest BCUT2D eigenvalue weighted by atomic mass is 9.86. The molecular formula is C32H39Cl2N5O7S. The number of nitrogens with zero attached hydrogens (tertiary/aromatic N) is 5. The van der Waals surface area contributed by atoms with Crippen molar-refractivity contribution in [2.75, 3.05) is 64.8 Å². The van der Waals surface area contributed by atoms with E-state index in [9.17, 15) is 18.0 Å². The number of para-hydroxylation sites is 1. The van der Waals surface area contributed by atoms with Gasteiger partial charge in [0.25, 0.3) is 15.9 Å². The number of pyridine rings is 1. The van der Waals surface area contributed by atoms with Crippen molar-refractivity contribution < 1.29 is 32.2 Å². The molecule has 2 amide bonds. The maximum atomic E-state index is 14.8. The topological polar surface area (TPSA) is 122 Å². The highest BCUT2D eigenvalue weighted by Crippen LogP contribution is 2.52. The number of ether oxygens (including phenoxy) is 3. The number of carbonyl (C=O) groups excluding carboxylic acids is 2. The van der Waals surface area contributed by atoms with Crippen LogP contribution in [-0.2, 0) is 25.2 Å². The molecule has 3 aliphatic heterocycles. The summed E-state index contributed by atoms with van der Waals surface area (Å²) < 4.78 is 46.2. The van der Waals surface area contributed by atoms with Crippen LogP contribution in [0.5, 0.6) is 11.5 Å². The maximum absolute atomic E-state index is 14.8. The standard InChI is InChI=1S/C32H37N5O7S.2ClH/c1-34-16-13-23(14-17-34)35-18-20-36(21-19-35)31(39)44-32(25-8-4-5-9-28(25)43-3)26-22-24(42-2)11-12-27(26)37(30(32)38)45(40,41)29-10-6-7-15-33-29;;/h4-12,15,22-23H,13-14,16-21H2,1-3H3;2*1H. The molecule has 6 rings (SSSR count). The molecule has 2 fully saturated rings. The minimum atomic E-state index is -4.53. The lowest BCUT2D eigenvalue weighted by Gasteiger charge is -2.42. The van der Waals surface area contributed by atoms with Gasteiger partial charge >= 0.3 is 6.09 Å². The zero-order valence-corrected chi connectivity index (χ0v) is 28.9. The summed E-state index contributed by atoms with van der Waals surface area (Å²) in [5.41, 5.74) is -1.86. The van der Waals surface area contributed by atoms with Gasteiger partial charge in [-0.3, -0.25) is 9.69 Å². The number of amides is 2. The van der Waals surface area contributed by atoms with Gasteiger partial charge in [-0.15, -0.1) is 24.8 Å². The van der Waals surface area contributed by atoms with Crippen LogP contribution in [0.15, 0.2) is 71.9 Å². The zero-order chi connectivity index (χ0) is 31.8. The second-order valence-electron chi connectivity index (χ2n) is 11.4. The van der Waals surface area contributed by atoms with Crippen LogP contribution in [0.3, 0.4) is 0 Å². The molecule has 2 aromatic carbocycles. The van der Waals surface area contributed by atoms with Gasteiger partial charge in [0.05, 0.1) is 25.5 Å². The van der Waals surface area contributed by atoms with Crippen LogP contribution in [-0.4, -0.2) is 107 Å². The summed E-state index contributed by atoms with van der Waals surface area (Å²) in [7, 11) is 0.495. The third kappa shape index (κ3) is 6.47. The number of halogens is 2. The van der Waals surface area contributed by atoms with Crippen molar-refractivity contribution >= 4 is 52.5 Å². The number of piperidine rings is 1. The number of aromatic nitrogens is 1. The Morgan fingerprint density at radius 1 is 0.872 bits per heavy atom. The summed E-state index contributed by atoms with van der Waals surface area (Å²) in [5.74, 6) is -0.392. The van der Waals surface area contributed by atoms with E-state index in [1.807, 2.05) is 0 Å². The van der Waals surface area contributed by atoms with E-state index in [1.54, 1.807) is 41.3 Å². The van der Waals surface area contributed by atoms with E-state index >= 15 is 0 Å². The summed E-state index contributed by atoms with van der Waals surface area (Å²) in [5, 5.41) is -0.327. The van der Waals surface area contributed by atoms with Gasteiger partial charge in [-0.2, -0.15) is 12.7 Å². The number of carbonyl (C=O) groups is 2. The molecule has 4 heterocycles. The monoisotopic (exact) mass is 707 g/mol. The summed E-state index contributed by atoms with van der Waals surface area (Å²) in [6, 6.07) is 16.0. The van der Waals surface area contributed by atoms with E-state index in [0.29, 0.717) is 42.3 Å². The first-order valence-corrected chi connectivity index (χ1v) is 16.4. The van der Waals surface area contributed by atoms with E-state index in [-0.39, 0.29) is 52.4 Å². The average Bonchev–Trinajstić information content (AvgIpc) is 3.32. The highest BCUT2D eigenvalue weighted by atomic mass is 35.5. The predicted molar refractivity (Wildman–Crippen MR) is 180 cm³/mol. The van der Waals surface area contributed by atoms with Crippen LogP contribution >= 0.6 is 24.8 Å². The lowest BCUT2D eigenvalue weighted by Crippen LogP contribution is -2.55. The van der Waals surface area contributed by atoms with Crippen molar-refractivity contribution in [3.63, 3.8) is 0 Å². The molecule has 12 nitrogen and oxygen atoms in total. The summed E-state index contributed by atoms with van der Waals surface area (Å²) in [4.78, 5) is 39.2. The zero-order valence-electron chi connectivity index (χ0n) is 26.4. The van der Waals surface area contributed by atoms with Crippen molar-refractivity contribution in [1.82, 2.24) is 19.7 Å². The fourth-order valence-corrected chi connectivity index (χ4v) is 7.87. The molecule has 0 aliphatic carbocycles. The van der Waals surface area contributed by atoms with Crippen LogP contribution in [0.25, 0.3) is 0 Å².